The molecule has 0 aliphatic heterocycles. The van der Waals surface area contributed by atoms with E-state index in [1.807, 2.05) is 53.1 Å². The second-order valence-electron chi connectivity index (χ2n) is 4.67. The number of aliphatic hydroxyl groups is 1. The third-order valence-corrected chi connectivity index (χ3v) is 3.40. The molecular weight excluding hydrogens is 252 g/mol. The van der Waals surface area contributed by atoms with Gasteiger partial charge in [-0.2, -0.15) is 0 Å². The van der Waals surface area contributed by atoms with Gasteiger partial charge in [-0.25, -0.2) is 4.98 Å². The number of ether oxygens (including phenoxy) is 1. The molecule has 4 heteroatoms. The van der Waals surface area contributed by atoms with Crippen LogP contribution in [0.3, 0.4) is 0 Å². The zero-order valence-electron chi connectivity index (χ0n) is 11.2. The predicted octanol–water partition coefficient (Wildman–Crippen LogP) is 2.78. The fourth-order valence-corrected chi connectivity index (χ4v) is 2.27. The highest BCUT2D eigenvalue weighted by molar-refractivity contribution is 5.74. The fraction of sp³-hybridized carbons (Fsp3) is 0.188. The highest BCUT2D eigenvalue weighted by Crippen LogP contribution is 2.21. The van der Waals surface area contributed by atoms with Crippen LogP contribution >= 0.6 is 0 Å². The summed E-state index contributed by atoms with van der Waals surface area (Å²) >= 11 is 0. The molecule has 0 aliphatic rings. The van der Waals surface area contributed by atoms with Crippen LogP contribution in [0.4, 0.5) is 0 Å². The minimum absolute atomic E-state index is 0.479. The van der Waals surface area contributed by atoms with Crippen molar-refractivity contribution in [2.75, 3.05) is 7.11 Å². The highest BCUT2D eigenvalue weighted by atomic mass is 16.5. The van der Waals surface area contributed by atoms with Crippen LogP contribution in [0.15, 0.2) is 54.9 Å². The van der Waals surface area contributed by atoms with Crippen molar-refractivity contribution in [1.82, 2.24) is 9.55 Å². The van der Waals surface area contributed by atoms with Crippen molar-refractivity contribution in [1.29, 1.82) is 0 Å². The van der Waals surface area contributed by atoms with E-state index in [2.05, 4.69) is 4.98 Å². The minimum Gasteiger partial charge on any atom is -0.497 e. The first kappa shape index (κ1) is 12.7. The Kier molecular flexibility index (Phi) is 3.39. The Morgan fingerprint density at radius 3 is 2.65 bits per heavy atom. The van der Waals surface area contributed by atoms with Crippen LogP contribution in [-0.4, -0.2) is 21.8 Å². The Hall–Kier alpha value is -2.33. The van der Waals surface area contributed by atoms with Crippen LogP contribution in [0.1, 0.15) is 11.7 Å². The lowest BCUT2D eigenvalue weighted by atomic mass is 10.1. The SMILES string of the molecule is COc1ccc(C(O)Cn2cnc3ccccc32)cc1. The molecule has 0 saturated heterocycles. The highest BCUT2D eigenvalue weighted by Gasteiger charge is 2.10. The van der Waals surface area contributed by atoms with E-state index in [1.54, 1.807) is 13.4 Å². The van der Waals surface area contributed by atoms with Crippen molar-refractivity contribution in [3.63, 3.8) is 0 Å². The van der Waals surface area contributed by atoms with Gasteiger partial charge in [0.25, 0.3) is 0 Å². The molecule has 1 atom stereocenters. The molecular formula is C16H16N2O2. The number of para-hydroxylation sites is 2. The van der Waals surface area contributed by atoms with Crippen LogP contribution in [0, 0.1) is 0 Å². The number of fused-ring (bicyclic) bond motifs is 1. The standard InChI is InChI=1S/C16H16N2O2/c1-20-13-8-6-12(7-9-13)16(19)10-18-11-17-14-4-2-3-5-15(14)18/h2-9,11,16,19H,10H2,1H3. The number of imidazole rings is 1. The van der Waals surface area contributed by atoms with Gasteiger partial charge in [-0.05, 0) is 29.8 Å². The number of benzene rings is 2. The number of methoxy groups -OCH3 is 1. The zero-order chi connectivity index (χ0) is 13.9. The number of nitrogens with zero attached hydrogens (tertiary/aromatic N) is 2. The third-order valence-electron chi connectivity index (χ3n) is 3.40. The summed E-state index contributed by atoms with van der Waals surface area (Å²) in [6.45, 7) is 0.479. The number of hydrogen-bond acceptors (Lipinski definition) is 3. The molecule has 1 heterocycles. The Bertz CT molecular complexity index is 704. The van der Waals surface area contributed by atoms with Gasteiger partial charge in [0.15, 0.2) is 0 Å². The van der Waals surface area contributed by atoms with Gasteiger partial charge < -0.3 is 14.4 Å². The summed E-state index contributed by atoms with van der Waals surface area (Å²) in [4.78, 5) is 4.32. The Labute approximate surface area is 117 Å². The summed E-state index contributed by atoms with van der Waals surface area (Å²) in [7, 11) is 1.63. The summed E-state index contributed by atoms with van der Waals surface area (Å²) < 4.78 is 7.08. The van der Waals surface area contributed by atoms with Gasteiger partial charge in [-0.15, -0.1) is 0 Å². The molecule has 4 nitrogen and oxygen atoms in total. The third kappa shape index (κ3) is 2.38. The molecule has 102 valence electrons. The number of hydrogen-bond donors (Lipinski definition) is 1. The molecule has 0 radical (unpaired) electrons. The lowest BCUT2D eigenvalue weighted by Gasteiger charge is -2.13. The maximum absolute atomic E-state index is 10.3. The molecule has 0 bridgehead atoms. The van der Waals surface area contributed by atoms with Crippen molar-refractivity contribution in [2.45, 2.75) is 12.6 Å². The number of aliphatic hydroxyl groups excluding tert-OH is 1. The molecule has 0 fully saturated rings. The maximum Gasteiger partial charge on any atom is 0.118 e. The van der Waals surface area contributed by atoms with Gasteiger partial charge in [-0.3, -0.25) is 0 Å². The Morgan fingerprint density at radius 2 is 1.90 bits per heavy atom. The van der Waals surface area contributed by atoms with Crippen LogP contribution in [0.25, 0.3) is 11.0 Å². The first-order valence-electron chi connectivity index (χ1n) is 6.50. The molecule has 0 saturated carbocycles. The van der Waals surface area contributed by atoms with E-state index in [0.717, 1.165) is 22.3 Å². The number of rotatable bonds is 4. The van der Waals surface area contributed by atoms with Crippen LogP contribution in [0.2, 0.25) is 0 Å². The molecule has 3 aromatic rings. The largest absolute Gasteiger partial charge is 0.497 e. The molecule has 0 spiro atoms. The summed E-state index contributed by atoms with van der Waals surface area (Å²) in [6.07, 6.45) is 1.19. The van der Waals surface area contributed by atoms with E-state index in [-0.39, 0.29) is 0 Å². The molecule has 3 rings (SSSR count). The molecule has 0 amide bonds. The fourth-order valence-electron chi connectivity index (χ4n) is 2.27. The van der Waals surface area contributed by atoms with Crippen LogP contribution in [0.5, 0.6) is 5.75 Å². The summed E-state index contributed by atoms with van der Waals surface area (Å²) in [5.41, 5.74) is 2.83. The molecule has 1 N–H and O–H groups in total. The van der Waals surface area contributed by atoms with Crippen LogP contribution < -0.4 is 4.74 Å². The summed E-state index contributed by atoms with van der Waals surface area (Å²) in [5.74, 6) is 0.786. The van der Waals surface area contributed by atoms with Gasteiger partial charge in [-0.1, -0.05) is 24.3 Å². The molecule has 2 aromatic carbocycles. The lowest BCUT2D eigenvalue weighted by molar-refractivity contribution is 0.158. The molecule has 1 aromatic heterocycles. The topological polar surface area (TPSA) is 47.3 Å². The monoisotopic (exact) mass is 268 g/mol. The normalized spacial score (nSPS) is 12.5. The smallest absolute Gasteiger partial charge is 0.118 e. The zero-order valence-corrected chi connectivity index (χ0v) is 11.2. The molecule has 0 aliphatic carbocycles. The number of aromatic nitrogens is 2. The van der Waals surface area contributed by atoms with Crippen molar-refractivity contribution in [3.8, 4) is 5.75 Å². The van der Waals surface area contributed by atoms with E-state index >= 15 is 0 Å². The van der Waals surface area contributed by atoms with Crippen molar-refractivity contribution >= 4 is 11.0 Å². The summed E-state index contributed by atoms with van der Waals surface area (Å²) in [5, 5.41) is 10.3. The van der Waals surface area contributed by atoms with E-state index in [4.69, 9.17) is 4.74 Å². The average Bonchev–Trinajstić information content (AvgIpc) is 2.91. The Balaban J connectivity index is 1.82. The predicted molar refractivity (Wildman–Crippen MR) is 77.7 cm³/mol. The van der Waals surface area contributed by atoms with E-state index in [9.17, 15) is 5.11 Å². The van der Waals surface area contributed by atoms with E-state index < -0.39 is 6.10 Å². The van der Waals surface area contributed by atoms with Crippen molar-refractivity contribution in [2.24, 2.45) is 0 Å². The van der Waals surface area contributed by atoms with Gasteiger partial charge in [0.1, 0.15) is 5.75 Å². The maximum atomic E-state index is 10.3. The van der Waals surface area contributed by atoms with Gasteiger partial charge in [0, 0.05) is 0 Å². The first-order valence-corrected chi connectivity index (χ1v) is 6.50. The Morgan fingerprint density at radius 1 is 1.15 bits per heavy atom. The van der Waals surface area contributed by atoms with Crippen molar-refractivity contribution in [3.05, 3.63) is 60.4 Å². The quantitative estimate of drug-likeness (QED) is 0.791. The van der Waals surface area contributed by atoms with Gasteiger partial charge in [0.05, 0.1) is 37.1 Å². The second kappa shape index (κ2) is 5.35. The second-order valence-corrected chi connectivity index (χ2v) is 4.67. The molecule has 1 unspecified atom stereocenters. The minimum atomic E-state index is -0.571. The first-order chi connectivity index (χ1) is 9.78. The van der Waals surface area contributed by atoms with Crippen molar-refractivity contribution < 1.29 is 9.84 Å². The van der Waals surface area contributed by atoms with E-state index in [0.29, 0.717) is 6.54 Å². The lowest BCUT2D eigenvalue weighted by Crippen LogP contribution is -2.07. The van der Waals surface area contributed by atoms with Crippen LogP contribution in [-0.2, 0) is 6.54 Å². The summed E-state index contributed by atoms with van der Waals surface area (Å²) in [6, 6.07) is 15.4. The average molecular weight is 268 g/mol. The molecule has 20 heavy (non-hydrogen) atoms. The van der Waals surface area contributed by atoms with Gasteiger partial charge in [0.2, 0.25) is 0 Å². The van der Waals surface area contributed by atoms with Gasteiger partial charge >= 0.3 is 0 Å². The van der Waals surface area contributed by atoms with E-state index in [1.165, 1.54) is 0 Å².